The number of guanidine groups is 1. The minimum absolute atomic E-state index is 0.829. The topological polar surface area (TPSA) is 86.5 Å². The predicted molar refractivity (Wildman–Crippen MR) is 116 cm³/mol. The van der Waals surface area contributed by atoms with Gasteiger partial charge in [-0.15, -0.1) is 0 Å². The second-order valence-electron chi connectivity index (χ2n) is 7.31. The molecule has 1 aliphatic rings. The fourth-order valence-corrected chi connectivity index (χ4v) is 3.52. The van der Waals surface area contributed by atoms with Gasteiger partial charge in [-0.1, -0.05) is 0 Å². The molecule has 9 heteroatoms. The van der Waals surface area contributed by atoms with Gasteiger partial charge in [-0.2, -0.15) is 5.10 Å². The molecule has 29 heavy (non-hydrogen) atoms. The number of piperazine rings is 1. The van der Waals surface area contributed by atoms with Gasteiger partial charge < -0.3 is 15.5 Å². The maximum atomic E-state index is 4.50. The fourth-order valence-electron chi connectivity index (χ4n) is 3.52. The summed E-state index contributed by atoms with van der Waals surface area (Å²) in [4.78, 5) is 17.7. The van der Waals surface area contributed by atoms with Crippen LogP contribution in [-0.2, 0) is 6.54 Å². The number of aryl methyl sites for hydroxylation is 3. The number of aromatic nitrogens is 4. The van der Waals surface area contributed by atoms with E-state index in [-0.39, 0.29) is 0 Å². The standard InChI is InChI=1S/C20H33N9/c1-17-16-18(2)29(26-17)10-5-8-22-19(21-3)23-9-11-27-12-14-28(15-13-27)20-24-6-4-7-25-20/h4,6-7,16H,5,8-15H2,1-3H3,(H2,21,22,23). The van der Waals surface area contributed by atoms with Crippen molar-refractivity contribution in [2.24, 2.45) is 4.99 Å². The van der Waals surface area contributed by atoms with E-state index in [4.69, 9.17) is 0 Å². The van der Waals surface area contributed by atoms with E-state index in [1.54, 1.807) is 12.4 Å². The van der Waals surface area contributed by atoms with Crippen molar-refractivity contribution in [3.63, 3.8) is 0 Å². The van der Waals surface area contributed by atoms with Crippen molar-refractivity contribution < 1.29 is 0 Å². The summed E-state index contributed by atoms with van der Waals surface area (Å²) in [6.07, 6.45) is 4.61. The Morgan fingerprint density at radius 2 is 1.76 bits per heavy atom. The molecule has 0 aromatic carbocycles. The molecule has 0 amide bonds. The first-order chi connectivity index (χ1) is 14.2. The number of nitrogens with one attached hydrogen (secondary N) is 2. The lowest BCUT2D eigenvalue weighted by atomic mass is 10.3. The van der Waals surface area contributed by atoms with E-state index in [0.717, 1.165) is 76.4 Å². The Labute approximate surface area is 173 Å². The molecule has 0 radical (unpaired) electrons. The molecule has 0 aliphatic carbocycles. The highest BCUT2D eigenvalue weighted by Gasteiger charge is 2.18. The molecule has 0 saturated carbocycles. The lowest BCUT2D eigenvalue weighted by molar-refractivity contribution is 0.260. The van der Waals surface area contributed by atoms with Gasteiger partial charge in [0.05, 0.1) is 5.69 Å². The van der Waals surface area contributed by atoms with Gasteiger partial charge in [-0.25, -0.2) is 9.97 Å². The average Bonchev–Trinajstić information content (AvgIpc) is 3.07. The van der Waals surface area contributed by atoms with Crippen LogP contribution in [0.2, 0.25) is 0 Å². The molecule has 2 aromatic rings. The molecule has 3 heterocycles. The Kier molecular flexibility index (Phi) is 7.80. The van der Waals surface area contributed by atoms with E-state index in [0.29, 0.717) is 0 Å². The molecule has 1 aliphatic heterocycles. The first kappa shape index (κ1) is 21.0. The molecule has 9 nitrogen and oxygen atoms in total. The Balaban J connectivity index is 1.29. The zero-order chi connectivity index (χ0) is 20.5. The zero-order valence-corrected chi connectivity index (χ0v) is 17.8. The van der Waals surface area contributed by atoms with Crippen molar-refractivity contribution in [3.8, 4) is 0 Å². The van der Waals surface area contributed by atoms with Gasteiger partial charge in [0, 0.05) is 77.5 Å². The second kappa shape index (κ2) is 10.8. The van der Waals surface area contributed by atoms with E-state index in [2.05, 4.69) is 58.2 Å². The van der Waals surface area contributed by atoms with Gasteiger partial charge >= 0.3 is 0 Å². The molecular formula is C20H33N9. The number of rotatable bonds is 8. The molecule has 0 unspecified atom stereocenters. The summed E-state index contributed by atoms with van der Waals surface area (Å²) in [6, 6.07) is 3.96. The Hall–Kier alpha value is -2.68. The van der Waals surface area contributed by atoms with Crippen LogP contribution in [0.3, 0.4) is 0 Å². The van der Waals surface area contributed by atoms with Crippen LogP contribution in [0.4, 0.5) is 5.95 Å². The summed E-state index contributed by atoms with van der Waals surface area (Å²) in [5.74, 6) is 1.69. The van der Waals surface area contributed by atoms with E-state index in [9.17, 15) is 0 Å². The van der Waals surface area contributed by atoms with Gasteiger partial charge in [-0.3, -0.25) is 14.6 Å². The van der Waals surface area contributed by atoms with Gasteiger partial charge in [-0.05, 0) is 32.4 Å². The monoisotopic (exact) mass is 399 g/mol. The van der Waals surface area contributed by atoms with Gasteiger partial charge in [0.15, 0.2) is 5.96 Å². The molecule has 2 aromatic heterocycles. The third-order valence-corrected chi connectivity index (χ3v) is 5.09. The third kappa shape index (κ3) is 6.42. The van der Waals surface area contributed by atoms with Crippen molar-refractivity contribution >= 4 is 11.9 Å². The summed E-state index contributed by atoms with van der Waals surface area (Å²) in [5, 5.41) is 11.3. The number of hydrogen-bond donors (Lipinski definition) is 2. The van der Waals surface area contributed by atoms with Crippen LogP contribution in [0, 0.1) is 13.8 Å². The summed E-state index contributed by atoms with van der Waals surface area (Å²) >= 11 is 0. The fraction of sp³-hybridized carbons (Fsp3) is 0.600. The quantitative estimate of drug-likeness (QED) is 0.383. The lowest BCUT2D eigenvalue weighted by Gasteiger charge is -2.34. The Morgan fingerprint density at radius 3 is 2.41 bits per heavy atom. The number of nitrogens with zero attached hydrogens (tertiary/aromatic N) is 7. The highest BCUT2D eigenvalue weighted by Crippen LogP contribution is 2.09. The van der Waals surface area contributed by atoms with Crippen molar-refractivity contribution in [3.05, 3.63) is 35.9 Å². The minimum atomic E-state index is 0.829. The van der Waals surface area contributed by atoms with Crippen LogP contribution >= 0.6 is 0 Å². The van der Waals surface area contributed by atoms with Crippen LogP contribution in [0.25, 0.3) is 0 Å². The zero-order valence-electron chi connectivity index (χ0n) is 17.8. The van der Waals surface area contributed by atoms with Crippen LogP contribution in [-0.4, -0.2) is 83.5 Å². The second-order valence-corrected chi connectivity index (χ2v) is 7.31. The smallest absolute Gasteiger partial charge is 0.225 e. The maximum absolute atomic E-state index is 4.50. The summed E-state index contributed by atoms with van der Waals surface area (Å²) in [7, 11) is 1.81. The van der Waals surface area contributed by atoms with Crippen LogP contribution in [0.1, 0.15) is 17.8 Å². The summed E-state index contributed by atoms with van der Waals surface area (Å²) < 4.78 is 2.06. The number of anilines is 1. The van der Waals surface area contributed by atoms with Gasteiger partial charge in [0.1, 0.15) is 0 Å². The Bertz CT molecular complexity index is 764. The van der Waals surface area contributed by atoms with E-state index < -0.39 is 0 Å². The highest BCUT2D eigenvalue weighted by molar-refractivity contribution is 5.79. The first-order valence-corrected chi connectivity index (χ1v) is 10.4. The van der Waals surface area contributed by atoms with E-state index in [1.807, 2.05) is 20.0 Å². The highest BCUT2D eigenvalue weighted by atomic mass is 15.3. The molecule has 1 saturated heterocycles. The van der Waals surface area contributed by atoms with Crippen LogP contribution in [0.15, 0.2) is 29.5 Å². The average molecular weight is 400 g/mol. The Morgan fingerprint density at radius 1 is 1.03 bits per heavy atom. The summed E-state index contributed by atoms with van der Waals surface area (Å²) in [5.41, 5.74) is 2.29. The summed E-state index contributed by atoms with van der Waals surface area (Å²) in [6.45, 7) is 11.8. The third-order valence-electron chi connectivity index (χ3n) is 5.09. The van der Waals surface area contributed by atoms with Crippen LogP contribution < -0.4 is 15.5 Å². The van der Waals surface area contributed by atoms with Gasteiger partial charge in [0.2, 0.25) is 5.95 Å². The molecule has 1 fully saturated rings. The molecule has 0 atom stereocenters. The predicted octanol–water partition coefficient (Wildman–Crippen LogP) is 0.667. The van der Waals surface area contributed by atoms with Crippen molar-refractivity contribution in [2.75, 3.05) is 57.8 Å². The maximum Gasteiger partial charge on any atom is 0.225 e. The lowest BCUT2D eigenvalue weighted by Crippen LogP contribution is -2.49. The molecule has 0 spiro atoms. The number of aliphatic imine (C=N–C) groups is 1. The normalized spacial score (nSPS) is 15.6. The van der Waals surface area contributed by atoms with E-state index in [1.165, 1.54) is 5.69 Å². The molecule has 0 bridgehead atoms. The van der Waals surface area contributed by atoms with E-state index >= 15 is 0 Å². The molecule has 3 rings (SSSR count). The van der Waals surface area contributed by atoms with Crippen molar-refractivity contribution in [2.45, 2.75) is 26.8 Å². The van der Waals surface area contributed by atoms with Crippen molar-refractivity contribution in [1.82, 2.24) is 35.3 Å². The largest absolute Gasteiger partial charge is 0.356 e. The van der Waals surface area contributed by atoms with Crippen LogP contribution in [0.5, 0.6) is 0 Å². The SMILES string of the molecule is CN=C(NCCCn1nc(C)cc1C)NCCN1CCN(c2ncccn2)CC1. The minimum Gasteiger partial charge on any atom is -0.356 e. The molecule has 2 N–H and O–H groups in total. The first-order valence-electron chi connectivity index (χ1n) is 10.4. The number of hydrogen-bond acceptors (Lipinski definition) is 6. The molecule has 158 valence electrons. The van der Waals surface area contributed by atoms with Crippen molar-refractivity contribution in [1.29, 1.82) is 0 Å². The molecular weight excluding hydrogens is 366 g/mol. The van der Waals surface area contributed by atoms with Gasteiger partial charge in [0.25, 0.3) is 0 Å².